The minimum absolute atomic E-state index is 0.277. The molecule has 0 saturated carbocycles. The van der Waals surface area contributed by atoms with E-state index in [1.165, 1.54) is 11.8 Å². The van der Waals surface area contributed by atoms with Crippen molar-refractivity contribution in [2.24, 2.45) is 0 Å². The first-order valence-electron chi connectivity index (χ1n) is 7.68. The molecule has 2 heterocycles. The van der Waals surface area contributed by atoms with Crippen molar-refractivity contribution in [2.75, 3.05) is 11.4 Å². The summed E-state index contributed by atoms with van der Waals surface area (Å²) in [5, 5.41) is 10.2. The molecule has 1 unspecified atom stereocenters. The highest BCUT2D eigenvalue weighted by atomic mass is 32.2. The van der Waals surface area contributed by atoms with E-state index in [1.807, 2.05) is 18.2 Å². The molecule has 8 heteroatoms. The Morgan fingerprint density at radius 3 is 2.72 bits per heavy atom. The summed E-state index contributed by atoms with van der Waals surface area (Å²) >= 11 is 7.95. The monoisotopic (exact) mass is 392 g/mol. The topological polar surface area (TPSA) is 60.9 Å². The molecule has 1 saturated heterocycles. The van der Waals surface area contributed by atoms with Crippen LogP contribution in [0.25, 0.3) is 0 Å². The van der Waals surface area contributed by atoms with Gasteiger partial charge in [-0.3, -0.25) is 9.69 Å². The lowest BCUT2D eigenvalue weighted by Crippen LogP contribution is -2.41. The maximum Gasteiger partial charge on any atom is 0.326 e. The number of benzene rings is 1. The Kier molecular flexibility index (Phi) is 5.21. The van der Waals surface area contributed by atoms with Crippen molar-refractivity contribution in [3.8, 4) is 0 Å². The summed E-state index contributed by atoms with van der Waals surface area (Å²) in [6, 6.07) is 7.17. The molecular weight excluding hydrogens is 376 g/mol. The lowest BCUT2D eigenvalue weighted by molar-refractivity contribution is -0.144. The number of fused-ring (bicyclic) bond motifs is 1. The summed E-state index contributed by atoms with van der Waals surface area (Å²) in [4.78, 5) is 28.6. The minimum atomic E-state index is -1.07. The van der Waals surface area contributed by atoms with Gasteiger partial charge < -0.3 is 10.0 Å². The molecule has 1 amide bonds. The van der Waals surface area contributed by atoms with Gasteiger partial charge in [0, 0.05) is 11.4 Å². The van der Waals surface area contributed by atoms with Crippen LogP contribution in [0.5, 0.6) is 0 Å². The molecule has 1 aromatic carbocycles. The third-order valence-electron chi connectivity index (χ3n) is 3.90. The number of para-hydroxylation sites is 1. The predicted molar refractivity (Wildman–Crippen MR) is 106 cm³/mol. The van der Waals surface area contributed by atoms with Gasteiger partial charge in [-0.2, -0.15) is 0 Å². The first kappa shape index (κ1) is 18.0. The van der Waals surface area contributed by atoms with Crippen LogP contribution in [0.1, 0.15) is 13.8 Å². The quantitative estimate of drug-likeness (QED) is 0.619. The van der Waals surface area contributed by atoms with Gasteiger partial charge in [0.25, 0.3) is 5.91 Å². The van der Waals surface area contributed by atoms with Crippen LogP contribution in [0, 0.1) is 0 Å². The van der Waals surface area contributed by atoms with E-state index < -0.39 is 12.0 Å². The van der Waals surface area contributed by atoms with Gasteiger partial charge in [-0.15, -0.1) is 0 Å². The fourth-order valence-electron chi connectivity index (χ4n) is 2.59. The molecule has 0 radical (unpaired) electrons. The van der Waals surface area contributed by atoms with Gasteiger partial charge in [0.2, 0.25) is 0 Å². The van der Waals surface area contributed by atoms with Gasteiger partial charge >= 0.3 is 5.97 Å². The van der Waals surface area contributed by atoms with Crippen LogP contribution in [-0.4, -0.2) is 38.8 Å². The maximum atomic E-state index is 12.5. The summed E-state index contributed by atoms with van der Waals surface area (Å²) in [6.45, 7) is 4.35. The lowest BCUT2D eigenvalue weighted by atomic mass is 10.3. The highest BCUT2D eigenvalue weighted by molar-refractivity contribution is 8.26. The molecular formula is C17H16N2O3S3. The summed E-state index contributed by atoms with van der Waals surface area (Å²) < 4.78 is 0.277. The van der Waals surface area contributed by atoms with E-state index in [0.29, 0.717) is 4.91 Å². The van der Waals surface area contributed by atoms with Crippen molar-refractivity contribution in [3.63, 3.8) is 0 Å². The highest BCUT2D eigenvalue weighted by Gasteiger charge is 2.38. The number of anilines is 1. The van der Waals surface area contributed by atoms with E-state index in [-0.39, 0.29) is 10.2 Å². The first-order chi connectivity index (χ1) is 11.9. The van der Waals surface area contributed by atoms with Crippen LogP contribution in [0.3, 0.4) is 0 Å². The highest BCUT2D eigenvalue weighted by Crippen LogP contribution is 2.45. The molecule has 0 bridgehead atoms. The summed E-state index contributed by atoms with van der Waals surface area (Å²) in [5.41, 5.74) is 1.15. The van der Waals surface area contributed by atoms with Crippen molar-refractivity contribution in [1.29, 1.82) is 0 Å². The zero-order valence-electron chi connectivity index (χ0n) is 13.6. The molecule has 5 nitrogen and oxygen atoms in total. The van der Waals surface area contributed by atoms with Gasteiger partial charge in [0.15, 0.2) is 0 Å². The Morgan fingerprint density at radius 1 is 1.32 bits per heavy atom. The van der Waals surface area contributed by atoms with E-state index in [9.17, 15) is 9.59 Å². The second-order valence-corrected chi connectivity index (χ2v) is 8.15. The van der Waals surface area contributed by atoms with E-state index in [2.05, 4.69) is 24.0 Å². The Hall–Kier alpha value is -1.77. The summed E-state index contributed by atoms with van der Waals surface area (Å²) in [6.07, 6.45) is 3.62. The molecule has 2 aliphatic heterocycles. The number of carbonyl (C=O) groups is 2. The Bertz CT molecular complexity index is 819. The third kappa shape index (κ3) is 3.33. The SMILES string of the molecule is CCN1C(=CC=C2SC(=S)N(C(C)C(=O)O)C2=O)Sc2ccccc21. The van der Waals surface area contributed by atoms with E-state index in [4.69, 9.17) is 17.3 Å². The van der Waals surface area contributed by atoms with Gasteiger partial charge in [-0.05, 0) is 38.1 Å². The molecule has 2 aliphatic rings. The second-order valence-electron chi connectivity index (χ2n) is 5.41. The number of carbonyl (C=O) groups excluding carboxylic acids is 1. The normalized spacial score (nSPS) is 21.4. The number of rotatable bonds is 4. The van der Waals surface area contributed by atoms with Crippen LogP contribution in [-0.2, 0) is 9.59 Å². The summed E-state index contributed by atoms with van der Waals surface area (Å²) in [7, 11) is 0. The Labute approximate surface area is 159 Å². The molecule has 130 valence electrons. The van der Waals surface area contributed by atoms with Crippen LogP contribution in [0.15, 0.2) is 51.2 Å². The van der Waals surface area contributed by atoms with E-state index in [1.54, 1.807) is 17.8 Å². The molecule has 1 aromatic rings. The average Bonchev–Trinajstić information content (AvgIpc) is 3.08. The van der Waals surface area contributed by atoms with Gasteiger partial charge in [0.05, 0.1) is 15.6 Å². The second kappa shape index (κ2) is 7.23. The molecule has 0 aliphatic carbocycles. The number of thioether (sulfide) groups is 2. The minimum Gasteiger partial charge on any atom is -0.480 e. The number of amides is 1. The third-order valence-corrected chi connectivity index (χ3v) is 6.38. The number of nitrogens with zero attached hydrogens (tertiary/aromatic N) is 2. The van der Waals surface area contributed by atoms with Gasteiger partial charge in [0.1, 0.15) is 10.4 Å². The lowest BCUT2D eigenvalue weighted by Gasteiger charge is -2.18. The predicted octanol–water partition coefficient (Wildman–Crippen LogP) is 3.68. The number of thiocarbonyl (C=S) groups is 1. The first-order valence-corrected chi connectivity index (χ1v) is 9.72. The number of allylic oxidation sites excluding steroid dienone is 2. The average molecular weight is 393 g/mol. The van der Waals surface area contributed by atoms with Crippen molar-refractivity contribution >= 4 is 57.6 Å². The molecule has 1 atom stereocenters. The van der Waals surface area contributed by atoms with Crippen LogP contribution in [0.2, 0.25) is 0 Å². The zero-order chi connectivity index (χ0) is 18.1. The fourth-order valence-corrected chi connectivity index (χ4v) is 5.08. The molecule has 1 N–H and O–H groups in total. The number of hydrogen-bond donors (Lipinski definition) is 1. The van der Waals surface area contributed by atoms with Crippen molar-refractivity contribution in [1.82, 2.24) is 4.90 Å². The van der Waals surface area contributed by atoms with Gasteiger partial charge in [-0.25, -0.2) is 4.79 Å². The standard InChI is InChI=1S/C17H16N2O3S3/c1-3-18-11-6-4-5-7-12(11)24-14(18)9-8-13-15(20)19(17(23)25-13)10(2)16(21)22/h4-10H,3H2,1-2H3,(H,21,22). The molecule has 0 aromatic heterocycles. The van der Waals surface area contributed by atoms with Crippen molar-refractivity contribution < 1.29 is 14.7 Å². The molecule has 0 spiro atoms. The van der Waals surface area contributed by atoms with Crippen molar-refractivity contribution in [2.45, 2.75) is 24.8 Å². The number of hydrogen-bond acceptors (Lipinski definition) is 6. The largest absolute Gasteiger partial charge is 0.480 e. The number of aliphatic carboxylic acids is 1. The van der Waals surface area contributed by atoms with E-state index in [0.717, 1.165) is 33.9 Å². The van der Waals surface area contributed by atoms with E-state index >= 15 is 0 Å². The summed E-state index contributed by atoms with van der Waals surface area (Å²) in [5.74, 6) is -1.43. The Morgan fingerprint density at radius 2 is 2.04 bits per heavy atom. The zero-order valence-corrected chi connectivity index (χ0v) is 16.1. The number of carboxylic acid groups (broad SMARTS) is 1. The van der Waals surface area contributed by atoms with Crippen molar-refractivity contribution in [3.05, 3.63) is 46.4 Å². The molecule has 3 rings (SSSR count). The van der Waals surface area contributed by atoms with Crippen LogP contribution >= 0.6 is 35.7 Å². The Balaban J connectivity index is 1.85. The maximum absolute atomic E-state index is 12.5. The van der Waals surface area contributed by atoms with Crippen LogP contribution < -0.4 is 4.90 Å². The number of carboxylic acids is 1. The van der Waals surface area contributed by atoms with Gasteiger partial charge in [-0.1, -0.05) is 47.9 Å². The molecule has 1 fully saturated rings. The van der Waals surface area contributed by atoms with Crippen LogP contribution in [0.4, 0.5) is 5.69 Å². The fraction of sp³-hybridized carbons (Fsp3) is 0.235. The smallest absolute Gasteiger partial charge is 0.326 e. The molecule has 25 heavy (non-hydrogen) atoms.